The zero-order valence-electron chi connectivity index (χ0n) is 18.3. The minimum atomic E-state index is -3.85. The van der Waals surface area contributed by atoms with Gasteiger partial charge in [-0.25, -0.2) is 23.4 Å². The van der Waals surface area contributed by atoms with Crippen LogP contribution in [-0.2, 0) is 27.7 Å². The third-order valence-electron chi connectivity index (χ3n) is 5.92. The molecule has 1 aromatic carbocycles. The number of aryl methyl sites for hydroxylation is 1. The summed E-state index contributed by atoms with van der Waals surface area (Å²) in [6, 6.07) is 7.70. The average Bonchev–Trinajstić information content (AvgIpc) is 3.41. The summed E-state index contributed by atoms with van der Waals surface area (Å²) in [5.74, 6) is 0.448. The number of sulfonamides is 1. The van der Waals surface area contributed by atoms with E-state index in [1.807, 2.05) is 12.1 Å². The maximum atomic E-state index is 12.9. The van der Waals surface area contributed by atoms with Crippen LogP contribution in [0.1, 0.15) is 37.9 Å². The second-order valence-electron chi connectivity index (χ2n) is 8.33. The first kappa shape index (κ1) is 21.8. The number of amides is 1. The van der Waals surface area contributed by atoms with Crippen molar-refractivity contribution in [3.63, 3.8) is 0 Å². The molecular weight excluding hydrogens is 460 g/mol. The summed E-state index contributed by atoms with van der Waals surface area (Å²) in [6.45, 7) is 4.47. The number of nitrogens with zero attached hydrogens (tertiary/aromatic N) is 4. The molecule has 5 rings (SSSR count). The summed E-state index contributed by atoms with van der Waals surface area (Å²) in [5.41, 5.74) is 4.41. The van der Waals surface area contributed by atoms with Gasteiger partial charge in [0.05, 0.1) is 11.9 Å². The zero-order chi connectivity index (χ0) is 23.2. The van der Waals surface area contributed by atoms with E-state index >= 15 is 0 Å². The van der Waals surface area contributed by atoms with Crippen molar-refractivity contribution in [2.24, 2.45) is 0 Å². The van der Waals surface area contributed by atoms with Gasteiger partial charge in [0, 0.05) is 42.0 Å². The van der Waals surface area contributed by atoms with Gasteiger partial charge in [0.2, 0.25) is 11.9 Å². The summed E-state index contributed by atoms with van der Waals surface area (Å²) in [5, 5.41) is 2.74. The van der Waals surface area contributed by atoms with Crippen molar-refractivity contribution in [1.82, 2.24) is 15.0 Å². The van der Waals surface area contributed by atoms with E-state index in [1.165, 1.54) is 13.1 Å². The van der Waals surface area contributed by atoms with Crippen molar-refractivity contribution in [2.75, 3.05) is 21.5 Å². The predicted molar refractivity (Wildman–Crippen MR) is 128 cm³/mol. The summed E-state index contributed by atoms with van der Waals surface area (Å²) in [6.07, 6.45) is 5.27. The van der Waals surface area contributed by atoms with E-state index in [0.717, 1.165) is 72.0 Å². The molecule has 0 unspecified atom stereocenters. The molecule has 1 atom stereocenters. The Hall–Kier alpha value is -3.05. The minimum Gasteiger partial charge on any atom is -0.338 e. The molecule has 2 aromatic heterocycles. The van der Waals surface area contributed by atoms with Crippen LogP contribution in [0.15, 0.2) is 34.7 Å². The van der Waals surface area contributed by atoms with Crippen molar-refractivity contribution in [2.45, 2.75) is 49.8 Å². The molecule has 1 saturated heterocycles. The lowest BCUT2D eigenvalue weighted by atomic mass is 10.0. The van der Waals surface area contributed by atoms with Crippen LogP contribution < -0.4 is 14.9 Å². The lowest BCUT2D eigenvalue weighted by Gasteiger charge is -2.39. The van der Waals surface area contributed by atoms with E-state index in [4.69, 9.17) is 9.97 Å². The van der Waals surface area contributed by atoms with Gasteiger partial charge in [-0.3, -0.25) is 9.52 Å². The van der Waals surface area contributed by atoms with Gasteiger partial charge < -0.3 is 10.2 Å². The third-order valence-corrected chi connectivity index (χ3v) is 8.67. The summed E-state index contributed by atoms with van der Waals surface area (Å²) in [4.78, 5) is 27.1. The maximum Gasteiger partial charge on any atom is 0.273 e. The van der Waals surface area contributed by atoms with Crippen LogP contribution in [0, 0.1) is 0 Å². The Labute approximate surface area is 196 Å². The van der Waals surface area contributed by atoms with Gasteiger partial charge in [0.15, 0.2) is 9.34 Å². The number of rotatable bonds is 6. The molecule has 33 heavy (non-hydrogen) atoms. The fourth-order valence-corrected chi connectivity index (χ4v) is 6.25. The van der Waals surface area contributed by atoms with Crippen LogP contribution in [0.2, 0.25) is 0 Å². The standard InChI is InChI=1S/C22H24N6O3S2/c1-13-9-10-28(13)21-25-18-8-4-7-17(18)20(26-21)15-5-3-6-16(11-15)27-33(30,31)19-12-23-22(32-19)24-14(2)29/h3,5-6,11-13,27H,4,7-10H2,1-2H3,(H,23,24,29)/t13-/m0/s1. The second kappa shape index (κ2) is 8.38. The van der Waals surface area contributed by atoms with Gasteiger partial charge in [0.1, 0.15) is 0 Å². The molecule has 11 heteroatoms. The fourth-order valence-electron chi connectivity index (χ4n) is 4.13. The maximum absolute atomic E-state index is 12.9. The third kappa shape index (κ3) is 4.30. The number of nitrogens with one attached hydrogen (secondary N) is 2. The quantitative estimate of drug-likeness (QED) is 0.550. The van der Waals surface area contributed by atoms with Crippen molar-refractivity contribution in [3.05, 3.63) is 41.7 Å². The Kier molecular flexibility index (Phi) is 5.53. The highest BCUT2D eigenvalue weighted by Gasteiger charge is 2.29. The van der Waals surface area contributed by atoms with Crippen molar-refractivity contribution >= 4 is 44.0 Å². The smallest absolute Gasteiger partial charge is 0.273 e. The molecular formula is C22H24N6O3S2. The molecule has 9 nitrogen and oxygen atoms in total. The molecule has 172 valence electrons. The molecule has 3 aromatic rings. The van der Waals surface area contributed by atoms with Crippen LogP contribution in [0.25, 0.3) is 11.3 Å². The van der Waals surface area contributed by atoms with E-state index in [9.17, 15) is 13.2 Å². The first-order chi connectivity index (χ1) is 15.8. The molecule has 3 heterocycles. The number of carbonyl (C=O) groups is 1. The number of benzene rings is 1. The predicted octanol–water partition coefficient (Wildman–Crippen LogP) is 3.45. The number of fused-ring (bicyclic) bond motifs is 1. The number of carbonyl (C=O) groups excluding carboxylic acids is 1. The van der Waals surface area contributed by atoms with Crippen molar-refractivity contribution in [3.8, 4) is 11.3 Å². The van der Waals surface area contributed by atoms with Gasteiger partial charge >= 0.3 is 0 Å². The van der Waals surface area contributed by atoms with Crippen LogP contribution in [-0.4, -0.2) is 41.9 Å². The van der Waals surface area contributed by atoms with E-state index in [2.05, 4.69) is 26.8 Å². The van der Waals surface area contributed by atoms with Crippen molar-refractivity contribution in [1.29, 1.82) is 0 Å². The number of aromatic nitrogens is 3. The molecule has 0 spiro atoms. The topological polar surface area (TPSA) is 117 Å². The van der Waals surface area contributed by atoms with Crippen molar-refractivity contribution < 1.29 is 13.2 Å². The monoisotopic (exact) mass is 484 g/mol. The second-order valence-corrected chi connectivity index (χ2v) is 11.3. The molecule has 1 fully saturated rings. The molecule has 0 saturated carbocycles. The SMILES string of the molecule is CC(=O)Nc1ncc(S(=O)(=O)Nc2cccc(-c3nc(N4CC[C@@H]4C)nc4c3CCC4)c2)s1. The number of thiazole rings is 1. The van der Waals surface area contributed by atoms with Gasteiger partial charge in [-0.2, -0.15) is 0 Å². The van der Waals surface area contributed by atoms with Gasteiger partial charge in [-0.05, 0) is 44.7 Å². The summed E-state index contributed by atoms with van der Waals surface area (Å²) in [7, 11) is -3.85. The Morgan fingerprint density at radius 2 is 2.09 bits per heavy atom. The van der Waals surface area contributed by atoms with E-state index in [0.29, 0.717) is 11.7 Å². The molecule has 2 N–H and O–H groups in total. The highest BCUT2D eigenvalue weighted by Crippen LogP contribution is 2.35. The van der Waals surface area contributed by atoms with Crippen LogP contribution in [0.5, 0.6) is 0 Å². The molecule has 0 bridgehead atoms. The lowest BCUT2D eigenvalue weighted by molar-refractivity contribution is -0.114. The number of hydrogen-bond donors (Lipinski definition) is 2. The van der Waals surface area contributed by atoms with Gasteiger partial charge in [-0.1, -0.05) is 23.5 Å². The normalized spacial score (nSPS) is 17.4. The van der Waals surface area contributed by atoms with Crippen LogP contribution in [0.3, 0.4) is 0 Å². The van der Waals surface area contributed by atoms with Gasteiger partial charge in [-0.15, -0.1) is 0 Å². The van der Waals surface area contributed by atoms with Crippen LogP contribution in [0.4, 0.5) is 16.8 Å². The molecule has 1 aliphatic heterocycles. The Balaban J connectivity index is 1.45. The summed E-state index contributed by atoms with van der Waals surface area (Å²) >= 11 is 0.899. The first-order valence-electron chi connectivity index (χ1n) is 10.8. The van der Waals surface area contributed by atoms with Crippen LogP contribution >= 0.6 is 11.3 Å². The van der Waals surface area contributed by atoms with E-state index < -0.39 is 10.0 Å². The average molecular weight is 485 g/mol. The Morgan fingerprint density at radius 1 is 1.24 bits per heavy atom. The van der Waals surface area contributed by atoms with Gasteiger partial charge in [0.25, 0.3) is 10.0 Å². The highest BCUT2D eigenvalue weighted by atomic mass is 32.2. The molecule has 1 aliphatic carbocycles. The highest BCUT2D eigenvalue weighted by molar-refractivity contribution is 7.94. The Morgan fingerprint density at radius 3 is 2.82 bits per heavy atom. The fraction of sp³-hybridized carbons (Fsp3) is 0.364. The molecule has 1 amide bonds. The molecule has 2 aliphatic rings. The largest absolute Gasteiger partial charge is 0.338 e. The first-order valence-corrected chi connectivity index (χ1v) is 13.1. The lowest BCUT2D eigenvalue weighted by Crippen LogP contribution is -2.46. The summed E-state index contributed by atoms with van der Waals surface area (Å²) < 4.78 is 28.4. The minimum absolute atomic E-state index is 0.0219. The van der Waals surface area contributed by atoms with E-state index in [-0.39, 0.29) is 15.2 Å². The number of anilines is 3. The Bertz CT molecular complexity index is 1340. The van der Waals surface area contributed by atoms with E-state index in [1.54, 1.807) is 12.1 Å². The zero-order valence-corrected chi connectivity index (χ0v) is 20.0. The molecule has 0 radical (unpaired) electrons. The number of hydrogen-bond acceptors (Lipinski definition) is 8.